The fourth-order valence-corrected chi connectivity index (χ4v) is 2.51. The number of hydrogen-bond acceptors (Lipinski definition) is 4. The summed E-state index contributed by atoms with van der Waals surface area (Å²) in [6, 6.07) is 6.64. The number of hydrogen-bond donors (Lipinski definition) is 1. The van der Waals surface area contributed by atoms with Crippen molar-refractivity contribution in [3.63, 3.8) is 0 Å². The number of nitrogens with zero attached hydrogens (tertiary/aromatic N) is 2. The van der Waals surface area contributed by atoms with Gasteiger partial charge in [0.05, 0.1) is 11.8 Å². The minimum atomic E-state index is -0.208. The van der Waals surface area contributed by atoms with Crippen LogP contribution in [0.5, 0.6) is 5.75 Å². The number of rotatable bonds is 3. The lowest BCUT2D eigenvalue weighted by Crippen LogP contribution is -2.41. The average Bonchev–Trinajstić information content (AvgIpc) is 2.57. The summed E-state index contributed by atoms with van der Waals surface area (Å²) < 4.78 is 5.86. The van der Waals surface area contributed by atoms with Crippen molar-refractivity contribution in [2.75, 3.05) is 13.1 Å². The molecule has 1 N–H and O–H groups in total. The first-order valence-corrected chi connectivity index (χ1v) is 7.27. The lowest BCUT2D eigenvalue weighted by atomic mass is 10.1. The third kappa shape index (κ3) is 3.33. The Hall–Kier alpha value is -2.63. The molecule has 2 aromatic rings. The molecule has 0 unspecified atom stereocenters. The zero-order valence-corrected chi connectivity index (χ0v) is 12.1. The summed E-state index contributed by atoms with van der Waals surface area (Å²) in [5.41, 5.74) is 0.298. The number of nitrogens with one attached hydrogen (secondary N) is 1. The third-order valence-corrected chi connectivity index (χ3v) is 3.70. The summed E-state index contributed by atoms with van der Waals surface area (Å²) in [5, 5.41) is 0. The molecule has 22 heavy (non-hydrogen) atoms. The maximum atomic E-state index is 12.3. The predicted molar refractivity (Wildman–Crippen MR) is 80.9 cm³/mol. The molecular formula is C16H17N3O3. The first kappa shape index (κ1) is 14.3. The number of ether oxygens (including phenoxy) is 1. The van der Waals surface area contributed by atoms with Crippen molar-refractivity contribution in [1.29, 1.82) is 0 Å². The van der Waals surface area contributed by atoms with E-state index >= 15 is 0 Å². The van der Waals surface area contributed by atoms with Gasteiger partial charge in [-0.3, -0.25) is 14.6 Å². The van der Waals surface area contributed by atoms with Crippen LogP contribution < -0.4 is 10.3 Å². The third-order valence-electron chi connectivity index (χ3n) is 3.70. The number of aromatic nitrogens is 2. The summed E-state index contributed by atoms with van der Waals surface area (Å²) in [4.78, 5) is 31.7. The molecule has 3 rings (SSSR count). The molecule has 2 aromatic heterocycles. The Labute approximate surface area is 127 Å². The lowest BCUT2D eigenvalue weighted by molar-refractivity contribution is 0.0594. The molecule has 0 saturated carbocycles. The van der Waals surface area contributed by atoms with Gasteiger partial charge >= 0.3 is 0 Å². The van der Waals surface area contributed by atoms with E-state index in [0.717, 1.165) is 18.6 Å². The molecule has 1 saturated heterocycles. The van der Waals surface area contributed by atoms with Crippen molar-refractivity contribution in [2.24, 2.45) is 0 Å². The van der Waals surface area contributed by atoms with E-state index in [1.54, 1.807) is 23.4 Å². The maximum Gasteiger partial charge on any atom is 0.255 e. The molecule has 3 heterocycles. The van der Waals surface area contributed by atoms with E-state index in [2.05, 4.69) is 9.97 Å². The molecule has 0 radical (unpaired) electrons. The molecule has 114 valence electrons. The minimum Gasteiger partial charge on any atom is -0.489 e. The van der Waals surface area contributed by atoms with Crippen LogP contribution in [0.15, 0.2) is 47.7 Å². The van der Waals surface area contributed by atoms with Gasteiger partial charge in [-0.05, 0) is 18.2 Å². The first-order valence-electron chi connectivity index (χ1n) is 7.27. The van der Waals surface area contributed by atoms with Gasteiger partial charge in [-0.1, -0.05) is 0 Å². The predicted octanol–water partition coefficient (Wildman–Crippen LogP) is 1.45. The Balaban J connectivity index is 1.56. The van der Waals surface area contributed by atoms with Crippen molar-refractivity contribution in [2.45, 2.75) is 18.9 Å². The second-order valence-corrected chi connectivity index (χ2v) is 5.24. The second kappa shape index (κ2) is 6.43. The number of aromatic amines is 1. The number of H-pyrrole nitrogens is 1. The molecule has 1 aliphatic heterocycles. The van der Waals surface area contributed by atoms with Gasteiger partial charge in [0.1, 0.15) is 11.9 Å². The van der Waals surface area contributed by atoms with Crippen LogP contribution in [0.4, 0.5) is 0 Å². The summed E-state index contributed by atoms with van der Waals surface area (Å²) in [5.74, 6) is 0.698. The van der Waals surface area contributed by atoms with Crippen molar-refractivity contribution in [3.8, 4) is 5.75 Å². The van der Waals surface area contributed by atoms with Crippen LogP contribution in [-0.2, 0) is 0 Å². The van der Waals surface area contributed by atoms with E-state index in [1.807, 2.05) is 12.1 Å². The van der Waals surface area contributed by atoms with Crippen molar-refractivity contribution in [1.82, 2.24) is 14.9 Å². The molecule has 1 aliphatic rings. The maximum absolute atomic E-state index is 12.3. The standard InChI is InChI=1S/C16H17N3O3/c20-15-4-3-12(10-18-15)16(21)19-8-5-13(6-9-19)22-14-2-1-7-17-11-14/h1-4,7,10-11,13H,5-6,8-9H2,(H,18,20). The number of carbonyl (C=O) groups is 1. The van der Waals surface area contributed by atoms with Gasteiger partial charge in [0.15, 0.2) is 0 Å². The van der Waals surface area contributed by atoms with Gasteiger partial charge in [-0.15, -0.1) is 0 Å². The van der Waals surface area contributed by atoms with E-state index in [1.165, 1.54) is 12.3 Å². The largest absolute Gasteiger partial charge is 0.489 e. The van der Waals surface area contributed by atoms with Gasteiger partial charge in [-0.2, -0.15) is 0 Å². The van der Waals surface area contributed by atoms with Gasteiger partial charge in [0, 0.05) is 44.4 Å². The number of piperidine rings is 1. The normalized spacial score (nSPS) is 15.5. The summed E-state index contributed by atoms with van der Waals surface area (Å²) in [6.45, 7) is 1.28. The summed E-state index contributed by atoms with van der Waals surface area (Å²) in [6.07, 6.45) is 6.52. The van der Waals surface area contributed by atoms with Crippen LogP contribution in [0.25, 0.3) is 0 Å². The highest BCUT2D eigenvalue weighted by Gasteiger charge is 2.24. The van der Waals surface area contributed by atoms with Crippen LogP contribution in [0, 0.1) is 0 Å². The quantitative estimate of drug-likeness (QED) is 0.931. The highest BCUT2D eigenvalue weighted by atomic mass is 16.5. The van der Waals surface area contributed by atoms with Gasteiger partial charge in [0.2, 0.25) is 5.56 Å². The van der Waals surface area contributed by atoms with Crippen LogP contribution in [-0.4, -0.2) is 40.0 Å². The Morgan fingerprint density at radius 2 is 2.09 bits per heavy atom. The van der Waals surface area contributed by atoms with E-state index in [9.17, 15) is 9.59 Å². The van der Waals surface area contributed by atoms with Crippen LogP contribution in [0.2, 0.25) is 0 Å². The zero-order chi connectivity index (χ0) is 15.4. The zero-order valence-electron chi connectivity index (χ0n) is 12.1. The van der Waals surface area contributed by atoms with Crippen molar-refractivity contribution in [3.05, 3.63) is 58.8 Å². The van der Waals surface area contributed by atoms with Crippen molar-refractivity contribution < 1.29 is 9.53 Å². The molecule has 1 amide bonds. The van der Waals surface area contributed by atoms with E-state index < -0.39 is 0 Å². The molecule has 0 aromatic carbocycles. The van der Waals surface area contributed by atoms with Crippen LogP contribution in [0.1, 0.15) is 23.2 Å². The minimum absolute atomic E-state index is 0.0592. The lowest BCUT2D eigenvalue weighted by Gasteiger charge is -2.32. The molecule has 1 fully saturated rings. The van der Waals surface area contributed by atoms with E-state index in [-0.39, 0.29) is 17.6 Å². The molecule has 0 aliphatic carbocycles. The van der Waals surface area contributed by atoms with Gasteiger partial charge in [0.25, 0.3) is 5.91 Å². The Kier molecular flexibility index (Phi) is 4.18. The highest BCUT2D eigenvalue weighted by molar-refractivity contribution is 5.93. The first-order chi connectivity index (χ1) is 10.7. The van der Waals surface area contributed by atoms with Crippen LogP contribution >= 0.6 is 0 Å². The Bertz CT molecular complexity index is 671. The fraction of sp³-hybridized carbons (Fsp3) is 0.312. The molecular weight excluding hydrogens is 282 g/mol. The van der Waals surface area contributed by atoms with Crippen molar-refractivity contribution >= 4 is 5.91 Å². The topological polar surface area (TPSA) is 75.3 Å². The van der Waals surface area contributed by atoms with E-state index in [0.29, 0.717) is 18.7 Å². The number of pyridine rings is 2. The number of carbonyl (C=O) groups excluding carboxylic acids is 1. The Morgan fingerprint density at radius 3 is 2.73 bits per heavy atom. The van der Waals surface area contributed by atoms with Gasteiger partial charge in [-0.25, -0.2) is 0 Å². The number of likely N-dealkylation sites (tertiary alicyclic amines) is 1. The smallest absolute Gasteiger partial charge is 0.255 e. The second-order valence-electron chi connectivity index (χ2n) is 5.24. The SMILES string of the molecule is O=C(c1ccc(=O)[nH]c1)N1CCC(Oc2cccnc2)CC1. The van der Waals surface area contributed by atoms with Crippen LogP contribution in [0.3, 0.4) is 0 Å². The summed E-state index contributed by atoms with van der Waals surface area (Å²) in [7, 11) is 0. The highest BCUT2D eigenvalue weighted by Crippen LogP contribution is 2.19. The number of amides is 1. The molecule has 6 heteroatoms. The summed E-state index contributed by atoms with van der Waals surface area (Å²) >= 11 is 0. The Morgan fingerprint density at radius 1 is 1.27 bits per heavy atom. The molecule has 0 bridgehead atoms. The van der Waals surface area contributed by atoms with E-state index in [4.69, 9.17) is 4.74 Å². The average molecular weight is 299 g/mol. The molecule has 6 nitrogen and oxygen atoms in total. The fourth-order valence-electron chi connectivity index (χ4n) is 2.51. The molecule has 0 spiro atoms. The monoisotopic (exact) mass is 299 g/mol. The van der Waals surface area contributed by atoms with Gasteiger partial charge < -0.3 is 14.6 Å². The molecule has 0 atom stereocenters.